The predicted molar refractivity (Wildman–Crippen MR) is 386 cm³/mol. The molecule has 0 aliphatic heterocycles. The van der Waals surface area contributed by atoms with Gasteiger partial charge in [-0.2, -0.15) is 0 Å². The van der Waals surface area contributed by atoms with Gasteiger partial charge in [0.25, 0.3) is 0 Å². The van der Waals surface area contributed by atoms with Gasteiger partial charge < -0.3 is 18.9 Å². The highest BCUT2D eigenvalue weighted by Gasteiger charge is 2.27. The van der Waals surface area contributed by atoms with Gasteiger partial charge in [-0.1, -0.05) is 392 Å². The second kappa shape index (κ2) is 71.1. The molecule has 0 aromatic rings. The summed E-state index contributed by atoms with van der Waals surface area (Å²) >= 11 is 0. The molecule has 0 fully saturated rings. The topological polar surface area (TPSA) is 108 Å². The molecule has 0 radical (unpaired) electrons. The van der Waals surface area contributed by atoms with Crippen LogP contribution in [-0.4, -0.2) is 74.9 Å². The largest absolute Gasteiger partial charge is 0.472 e. The summed E-state index contributed by atoms with van der Waals surface area (Å²) in [5.74, 6) is -0.769. The molecule has 0 saturated heterocycles. The number of hydrogen-bond acceptors (Lipinski definition) is 7. The first-order valence-electron chi connectivity index (χ1n) is 39.9. The highest BCUT2D eigenvalue weighted by molar-refractivity contribution is 7.47. The number of rotatable bonds is 76. The molecule has 0 aliphatic carbocycles. The van der Waals surface area contributed by atoms with Crippen LogP contribution in [0, 0.1) is 0 Å². The zero-order valence-electron chi connectivity index (χ0n) is 60.7. The van der Waals surface area contributed by atoms with Crippen LogP contribution >= 0.6 is 7.82 Å². The standard InChI is InChI=1S/C79H156NO8P/c1-6-8-10-12-14-16-18-20-22-24-26-28-30-32-34-35-36-37-38-39-40-41-42-43-44-46-47-49-51-53-55-57-59-61-63-65-67-69-71-78(81)85-75-77(76-87-89(83,84)86-74-73-80(3,4)5)88-79(82)72-70-68-66-64-62-60-58-56-54-52-50-48-45-33-31-29-27-25-23-21-19-17-15-13-11-9-7-2/h25,27,77H,6-24,26,28-76H2,1-5H3/p+1/b27-25-. The average Bonchev–Trinajstić information content (AvgIpc) is 3.60. The van der Waals surface area contributed by atoms with Crippen molar-refractivity contribution in [2.75, 3.05) is 47.5 Å². The van der Waals surface area contributed by atoms with Crippen LogP contribution in [0.2, 0.25) is 0 Å². The molecule has 2 atom stereocenters. The SMILES string of the molecule is CCCCCCCCCC/C=C\CCCCCCCCCCCCCCCCCC(=O)OC(COC(=O)CCCCCCCCCCCCCCCCCCCCCCCCCCCCCCCCCCCCCCCC)COP(=O)(O)OCC[N+](C)(C)C. The number of phosphoric ester groups is 1. The lowest BCUT2D eigenvalue weighted by atomic mass is 10.0. The maximum absolute atomic E-state index is 12.9. The van der Waals surface area contributed by atoms with Gasteiger partial charge in [0.1, 0.15) is 19.8 Å². The fourth-order valence-corrected chi connectivity index (χ4v) is 13.2. The first-order chi connectivity index (χ1) is 43.5. The number of ether oxygens (including phenoxy) is 2. The number of quaternary nitrogens is 1. The van der Waals surface area contributed by atoms with Crippen LogP contribution in [0.1, 0.15) is 431 Å². The number of phosphoric acid groups is 1. The second-order valence-electron chi connectivity index (χ2n) is 28.8. The Hall–Kier alpha value is -1.25. The normalized spacial score (nSPS) is 13.0. The number of carbonyl (C=O) groups is 2. The van der Waals surface area contributed by atoms with E-state index >= 15 is 0 Å². The first-order valence-corrected chi connectivity index (χ1v) is 41.4. The van der Waals surface area contributed by atoms with Gasteiger partial charge in [0.05, 0.1) is 27.7 Å². The number of carbonyl (C=O) groups excluding carboxylic acids is 2. The zero-order chi connectivity index (χ0) is 64.8. The minimum atomic E-state index is -4.39. The van der Waals surface area contributed by atoms with Crippen LogP contribution in [0.25, 0.3) is 0 Å². The monoisotopic (exact) mass is 1280 g/mol. The van der Waals surface area contributed by atoms with E-state index in [1.807, 2.05) is 21.1 Å². The number of likely N-dealkylation sites (N-methyl/N-ethyl adjacent to an activating group) is 1. The molecular formula is C79H157NO8P+. The molecule has 0 amide bonds. The van der Waals surface area contributed by atoms with Crippen molar-refractivity contribution in [2.45, 2.75) is 437 Å². The van der Waals surface area contributed by atoms with Crippen LogP contribution in [-0.2, 0) is 32.7 Å². The summed E-state index contributed by atoms with van der Waals surface area (Å²) in [5, 5.41) is 0. The molecule has 0 aromatic heterocycles. The van der Waals surface area contributed by atoms with Crippen LogP contribution < -0.4 is 0 Å². The fraction of sp³-hybridized carbons (Fsp3) is 0.949. The molecule has 0 spiro atoms. The Morgan fingerprint density at radius 2 is 0.573 bits per heavy atom. The lowest BCUT2D eigenvalue weighted by Crippen LogP contribution is -2.37. The Morgan fingerprint density at radius 1 is 0.337 bits per heavy atom. The van der Waals surface area contributed by atoms with E-state index in [0.29, 0.717) is 23.9 Å². The lowest BCUT2D eigenvalue weighted by Gasteiger charge is -2.24. The van der Waals surface area contributed by atoms with Crippen molar-refractivity contribution < 1.29 is 42.1 Å². The summed E-state index contributed by atoms with van der Waals surface area (Å²) in [6.45, 7) is 4.53. The summed E-state index contributed by atoms with van der Waals surface area (Å²) < 4.78 is 34.8. The number of unbranched alkanes of at least 4 members (excludes halogenated alkanes) is 60. The molecule has 0 rings (SSSR count). The number of esters is 2. The van der Waals surface area contributed by atoms with Crippen LogP contribution in [0.5, 0.6) is 0 Å². The van der Waals surface area contributed by atoms with Crippen molar-refractivity contribution in [3.8, 4) is 0 Å². The van der Waals surface area contributed by atoms with Gasteiger partial charge in [-0.05, 0) is 38.5 Å². The summed E-state index contributed by atoms with van der Waals surface area (Å²) in [4.78, 5) is 36.0. The molecule has 2 unspecified atom stereocenters. The molecule has 0 aromatic carbocycles. The van der Waals surface area contributed by atoms with E-state index in [4.69, 9.17) is 18.5 Å². The average molecular weight is 1280 g/mol. The van der Waals surface area contributed by atoms with E-state index in [1.54, 1.807) is 0 Å². The van der Waals surface area contributed by atoms with E-state index < -0.39 is 26.5 Å². The lowest BCUT2D eigenvalue weighted by molar-refractivity contribution is -0.870. The number of hydrogen-bond donors (Lipinski definition) is 1. The zero-order valence-corrected chi connectivity index (χ0v) is 61.6. The third-order valence-corrected chi connectivity index (χ3v) is 19.5. The molecule has 1 N–H and O–H groups in total. The molecular weight excluding hydrogens is 1120 g/mol. The van der Waals surface area contributed by atoms with Crippen molar-refractivity contribution in [1.29, 1.82) is 0 Å². The van der Waals surface area contributed by atoms with Crippen molar-refractivity contribution in [1.82, 2.24) is 0 Å². The smallest absolute Gasteiger partial charge is 0.462 e. The van der Waals surface area contributed by atoms with E-state index in [0.717, 1.165) is 32.1 Å². The van der Waals surface area contributed by atoms with Crippen molar-refractivity contribution in [2.24, 2.45) is 0 Å². The van der Waals surface area contributed by atoms with E-state index in [-0.39, 0.29) is 25.6 Å². The van der Waals surface area contributed by atoms with Crippen molar-refractivity contribution >= 4 is 19.8 Å². The fourth-order valence-electron chi connectivity index (χ4n) is 12.4. The van der Waals surface area contributed by atoms with Crippen molar-refractivity contribution in [3.05, 3.63) is 12.2 Å². The highest BCUT2D eigenvalue weighted by Crippen LogP contribution is 2.43. The molecule has 0 bridgehead atoms. The second-order valence-corrected chi connectivity index (χ2v) is 30.3. The van der Waals surface area contributed by atoms with Gasteiger partial charge in [-0.25, -0.2) is 4.57 Å². The summed E-state index contributed by atoms with van der Waals surface area (Å²) in [6, 6.07) is 0. The maximum Gasteiger partial charge on any atom is 0.472 e. The first kappa shape index (κ1) is 87.8. The van der Waals surface area contributed by atoms with Gasteiger partial charge in [-0.3, -0.25) is 18.6 Å². The maximum atomic E-state index is 12.9. The van der Waals surface area contributed by atoms with Crippen LogP contribution in [0.4, 0.5) is 0 Å². The molecule has 10 heteroatoms. The van der Waals surface area contributed by atoms with E-state index in [1.165, 1.54) is 366 Å². The van der Waals surface area contributed by atoms with Gasteiger partial charge in [0.15, 0.2) is 6.10 Å². The number of nitrogens with zero attached hydrogens (tertiary/aromatic N) is 1. The van der Waals surface area contributed by atoms with E-state index in [2.05, 4.69) is 26.0 Å². The quantitative estimate of drug-likeness (QED) is 0.0211. The van der Waals surface area contributed by atoms with Crippen LogP contribution in [0.15, 0.2) is 12.2 Å². The molecule has 89 heavy (non-hydrogen) atoms. The van der Waals surface area contributed by atoms with Crippen LogP contribution in [0.3, 0.4) is 0 Å². The summed E-state index contributed by atoms with van der Waals surface area (Å²) in [7, 11) is 1.51. The Kier molecular flexibility index (Phi) is 70.1. The molecule has 0 aliphatic rings. The van der Waals surface area contributed by atoms with E-state index in [9.17, 15) is 19.0 Å². The Labute approximate surface area is 556 Å². The third kappa shape index (κ3) is 75.7. The summed E-state index contributed by atoms with van der Waals surface area (Å²) in [6.07, 6.45) is 89.4. The minimum Gasteiger partial charge on any atom is -0.462 e. The van der Waals surface area contributed by atoms with Gasteiger partial charge in [0.2, 0.25) is 0 Å². The van der Waals surface area contributed by atoms with Crippen molar-refractivity contribution in [3.63, 3.8) is 0 Å². The minimum absolute atomic E-state index is 0.0364. The Balaban J connectivity index is 3.87. The highest BCUT2D eigenvalue weighted by atomic mass is 31.2. The number of allylic oxidation sites excluding steroid dienone is 2. The Morgan fingerprint density at radius 3 is 0.831 bits per heavy atom. The van der Waals surface area contributed by atoms with Gasteiger partial charge in [-0.15, -0.1) is 0 Å². The molecule has 9 nitrogen and oxygen atoms in total. The molecule has 0 heterocycles. The predicted octanol–water partition coefficient (Wildman–Crippen LogP) is 26.2. The molecule has 530 valence electrons. The summed E-state index contributed by atoms with van der Waals surface area (Å²) in [5.41, 5.74) is 0. The Bertz CT molecular complexity index is 1500. The van der Waals surface area contributed by atoms with Gasteiger partial charge >= 0.3 is 19.8 Å². The molecule has 0 saturated carbocycles. The third-order valence-electron chi connectivity index (χ3n) is 18.5. The van der Waals surface area contributed by atoms with Gasteiger partial charge in [0, 0.05) is 12.8 Å².